The largest absolute Gasteiger partial charge is 0.468 e. The number of rotatable bonds is 5. The average Bonchev–Trinajstić information content (AvgIpc) is 3.22. The van der Waals surface area contributed by atoms with E-state index >= 15 is 0 Å². The summed E-state index contributed by atoms with van der Waals surface area (Å²) in [5.74, 6) is -0.923. The van der Waals surface area contributed by atoms with Gasteiger partial charge in [0, 0.05) is 42.8 Å². The number of carbonyl (C=O) groups excluding carboxylic acids is 2. The second kappa shape index (κ2) is 14.0. The average molecular weight is 617 g/mol. The van der Waals surface area contributed by atoms with Crippen molar-refractivity contribution < 1.29 is 18.7 Å². The zero-order valence-corrected chi connectivity index (χ0v) is 24.9. The van der Waals surface area contributed by atoms with Crippen LogP contribution in [0.25, 0.3) is 0 Å². The maximum Gasteiger partial charge on any atom is 0.325 e. The number of amides is 2. The minimum Gasteiger partial charge on any atom is -0.468 e. The lowest BCUT2D eigenvalue weighted by molar-refractivity contribution is -0.137. The van der Waals surface area contributed by atoms with E-state index in [0.29, 0.717) is 33.5 Å². The molecule has 14 heteroatoms. The Morgan fingerprint density at radius 3 is 2.49 bits per heavy atom. The maximum atomic E-state index is 14.3. The molecule has 2 amide bonds. The fourth-order valence-electron chi connectivity index (χ4n) is 3.34. The zero-order valence-electron chi connectivity index (χ0n) is 21.8. The molecule has 1 N–H and O–H groups in total. The van der Waals surface area contributed by atoms with E-state index in [-0.39, 0.29) is 27.4 Å². The third-order valence-corrected chi connectivity index (χ3v) is 8.24. The van der Waals surface area contributed by atoms with Crippen LogP contribution < -0.4 is 15.0 Å². The highest BCUT2D eigenvalue weighted by molar-refractivity contribution is 8.00. The quantitative estimate of drug-likeness (QED) is 0.300. The number of urea groups is 1. The van der Waals surface area contributed by atoms with Gasteiger partial charge in [0.05, 0.1) is 17.9 Å². The van der Waals surface area contributed by atoms with Crippen molar-refractivity contribution in [1.29, 1.82) is 0 Å². The molecule has 0 bridgehead atoms. The van der Waals surface area contributed by atoms with Crippen molar-refractivity contribution in [3.63, 3.8) is 0 Å². The first-order valence-corrected chi connectivity index (χ1v) is 14.3. The van der Waals surface area contributed by atoms with Gasteiger partial charge in [0.25, 0.3) is 0 Å². The summed E-state index contributed by atoms with van der Waals surface area (Å²) in [5.41, 5.74) is 1.79. The third-order valence-electron chi connectivity index (χ3n) is 5.51. The number of nitrogens with zero attached hydrogens (tertiary/aromatic N) is 4. The molecule has 0 saturated heterocycles. The van der Waals surface area contributed by atoms with Crippen LogP contribution in [0.15, 0.2) is 45.0 Å². The lowest BCUT2D eigenvalue weighted by atomic mass is 10.2. The number of carbonyl (C=O) groups is 2. The van der Waals surface area contributed by atoms with Gasteiger partial charge in [-0.15, -0.1) is 11.8 Å². The van der Waals surface area contributed by atoms with E-state index in [9.17, 15) is 18.8 Å². The Labute approximate surface area is 243 Å². The Hall–Kier alpha value is -2.80. The molecule has 2 heterocycles. The summed E-state index contributed by atoms with van der Waals surface area (Å²) in [7, 11) is 4.67. The van der Waals surface area contributed by atoms with E-state index in [1.54, 1.807) is 29.5 Å². The van der Waals surface area contributed by atoms with Crippen LogP contribution in [-0.4, -0.2) is 53.2 Å². The van der Waals surface area contributed by atoms with Gasteiger partial charge in [-0.1, -0.05) is 29.3 Å². The minimum atomic E-state index is -0.580. The van der Waals surface area contributed by atoms with E-state index in [0.717, 1.165) is 47.6 Å². The van der Waals surface area contributed by atoms with Gasteiger partial charge in [-0.2, -0.15) is 0 Å². The highest BCUT2D eigenvalue weighted by Gasteiger charge is 2.15. The first kappa shape index (κ1) is 30.7. The lowest BCUT2D eigenvalue weighted by Gasteiger charge is -2.15. The number of benzene rings is 2. The molecular weight excluding hydrogens is 588 g/mol. The van der Waals surface area contributed by atoms with Crippen LogP contribution in [0.1, 0.15) is 18.4 Å². The van der Waals surface area contributed by atoms with Crippen molar-refractivity contribution in [3.8, 4) is 0 Å². The van der Waals surface area contributed by atoms with Crippen LogP contribution in [0, 0.1) is 12.7 Å². The van der Waals surface area contributed by atoms with Crippen LogP contribution in [0.5, 0.6) is 0 Å². The molecule has 1 aliphatic heterocycles. The topological polar surface area (TPSA) is 97.9 Å². The number of aryl methyl sites for hydroxylation is 1. The summed E-state index contributed by atoms with van der Waals surface area (Å²) < 4.78 is 22.3. The molecule has 0 aliphatic carbocycles. The first-order chi connectivity index (χ1) is 18.5. The number of anilines is 1. The highest BCUT2D eigenvalue weighted by Crippen LogP contribution is 2.33. The van der Waals surface area contributed by atoms with Crippen LogP contribution in [-0.2, 0) is 22.6 Å². The highest BCUT2D eigenvalue weighted by atomic mass is 35.5. The Morgan fingerprint density at radius 1 is 1.15 bits per heavy atom. The van der Waals surface area contributed by atoms with Crippen molar-refractivity contribution in [2.45, 2.75) is 37.8 Å². The molecule has 9 nitrogen and oxygen atoms in total. The van der Waals surface area contributed by atoms with Crippen molar-refractivity contribution in [2.24, 2.45) is 4.99 Å². The lowest BCUT2D eigenvalue weighted by Crippen LogP contribution is -2.31. The van der Waals surface area contributed by atoms with E-state index in [2.05, 4.69) is 15.0 Å². The predicted octanol–water partition coefficient (Wildman–Crippen LogP) is 5.54. The van der Waals surface area contributed by atoms with Crippen LogP contribution in [0.3, 0.4) is 0 Å². The number of thioether (sulfide) groups is 1. The molecule has 0 radical (unpaired) electrons. The number of aromatic nitrogens is 2. The number of fused-ring (bicyclic) bond motifs is 1. The molecule has 210 valence electrons. The molecule has 39 heavy (non-hydrogen) atoms. The Kier molecular flexibility index (Phi) is 11.0. The van der Waals surface area contributed by atoms with Crippen molar-refractivity contribution in [1.82, 2.24) is 14.3 Å². The fourth-order valence-corrected chi connectivity index (χ4v) is 5.50. The van der Waals surface area contributed by atoms with Crippen LogP contribution in [0.4, 0.5) is 20.6 Å². The molecule has 0 spiro atoms. The van der Waals surface area contributed by atoms with Gasteiger partial charge in [0.2, 0.25) is 4.80 Å². The molecule has 3 aromatic rings. The minimum absolute atomic E-state index is 0.0605. The Morgan fingerprint density at radius 2 is 1.85 bits per heavy atom. The maximum absolute atomic E-state index is 14.3. The normalized spacial score (nSPS) is 12.7. The number of methoxy groups -OCH3 is 1. The summed E-state index contributed by atoms with van der Waals surface area (Å²) in [6.45, 7) is 3.24. The number of nitrogens with one attached hydrogen (secondary N) is 1. The van der Waals surface area contributed by atoms with E-state index in [1.807, 2.05) is 19.1 Å². The monoisotopic (exact) mass is 615 g/mol. The van der Waals surface area contributed by atoms with E-state index in [4.69, 9.17) is 23.2 Å². The van der Waals surface area contributed by atoms with E-state index < -0.39 is 11.8 Å². The second-order valence-corrected chi connectivity index (χ2v) is 11.4. The molecule has 0 fully saturated rings. The Balaban J connectivity index is 0.000000255. The number of esters is 1. The first-order valence-electron chi connectivity index (χ1n) is 11.8. The molecule has 2 aromatic carbocycles. The summed E-state index contributed by atoms with van der Waals surface area (Å²) in [4.78, 5) is 41.2. The summed E-state index contributed by atoms with van der Waals surface area (Å²) >= 11 is 14.1. The van der Waals surface area contributed by atoms with Crippen molar-refractivity contribution in [3.05, 3.63) is 66.2 Å². The molecule has 1 aliphatic rings. The van der Waals surface area contributed by atoms with Crippen LogP contribution >= 0.6 is 46.3 Å². The van der Waals surface area contributed by atoms with Crippen molar-refractivity contribution >= 4 is 69.7 Å². The van der Waals surface area contributed by atoms with E-state index in [1.165, 1.54) is 18.1 Å². The predicted molar refractivity (Wildman–Crippen MR) is 154 cm³/mol. The van der Waals surface area contributed by atoms with Gasteiger partial charge >= 0.3 is 16.9 Å². The molecule has 0 saturated carbocycles. The summed E-state index contributed by atoms with van der Waals surface area (Å²) in [5, 5.41) is 3.57. The Bertz CT molecular complexity index is 1490. The number of halogens is 3. The number of hydrogen-bond acceptors (Lipinski definition) is 7. The smallest absolute Gasteiger partial charge is 0.325 e. The summed E-state index contributed by atoms with van der Waals surface area (Å²) in [6, 6.07) is 7.91. The van der Waals surface area contributed by atoms with Gasteiger partial charge in [0.15, 0.2) is 0 Å². The zero-order chi connectivity index (χ0) is 28.7. The van der Waals surface area contributed by atoms with Crippen LogP contribution in [0.2, 0.25) is 10.0 Å². The number of ether oxygens (including phenoxy) is 1. The van der Waals surface area contributed by atoms with Gasteiger partial charge < -0.3 is 15.0 Å². The molecule has 4 rings (SSSR count). The standard InChI is InChI=1S/C15H15ClFN3O3S2.C10H13ClN2O/c1-23-13(21)8-24-12-7-11(10(17)6-9(12)16)18-14-19-4-2-3-5-20(19)15(22)25-14;1-7-4-5-8(6-9(7)11)12-10(14)13(2)3/h6-7H,2-5,8H2,1H3;4-6H,1-3H3,(H,12,14). The molecular formula is C25H28Cl2FN5O4S2. The number of hydrogen-bond donors (Lipinski definition) is 1. The second-order valence-electron chi connectivity index (χ2n) is 8.60. The fraction of sp³-hybridized carbons (Fsp3) is 0.360. The molecule has 0 unspecified atom stereocenters. The van der Waals surface area contributed by atoms with Crippen molar-refractivity contribution in [2.75, 3.05) is 32.3 Å². The third kappa shape index (κ3) is 8.34. The van der Waals surface area contributed by atoms with Gasteiger partial charge in [-0.05, 0) is 60.9 Å². The summed E-state index contributed by atoms with van der Waals surface area (Å²) in [6.07, 6.45) is 1.90. The SMILES string of the molecule is COC(=O)CSc1cc(N=c2sc(=O)n3n2CCCC3)c(F)cc1Cl.Cc1ccc(NC(=O)N(C)C)cc1Cl. The van der Waals surface area contributed by atoms with Gasteiger partial charge in [-0.25, -0.2) is 18.9 Å². The molecule has 0 atom stereocenters. The van der Waals surface area contributed by atoms with Gasteiger partial charge in [0.1, 0.15) is 11.5 Å². The molecule has 1 aromatic heterocycles. The van der Waals surface area contributed by atoms with Gasteiger partial charge in [-0.3, -0.25) is 14.3 Å².